The van der Waals surface area contributed by atoms with Crippen molar-refractivity contribution in [1.29, 1.82) is 0 Å². The molecule has 0 radical (unpaired) electrons. The van der Waals surface area contributed by atoms with Gasteiger partial charge in [0.05, 0.1) is 18.9 Å². The van der Waals surface area contributed by atoms with Crippen LogP contribution in [0.4, 0.5) is 0 Å². The van der Waals surface area contributed by atoms with E-state index in [1.165, 1.54) is 0 Å². The molecule has 2 rings (SSSR count). The summed E-state index contributed by atoms with van der Waals surface area (Å²) in [5.41, 5.74) is 6.10. The lowest BCUT2D eigenvalue weighted by Crippen LogP contribution is -2.63. The van der Waals surface area contributed by atoms with Crippen LogP contribution in [0.25, 0.3) is 0 Å². The maximum absolute atomic E-state index is 6.00. The largest absolute Gasteiger partial charge is 0.468 e. The van der Waals surface area contributed by atoms with Crippen molar-refractivity contribution in [1.82, 2.24) is 4.90 Å². The van der Waals surface area contributed by atoms with E-state index in [9.17, 15) is 0 Å². The lowest BCUT2D eigenvalue weighted by atomic mass is 9.72. The number of hydrogen-bond donors (Lipinski definition) is 1. The van der Waals surface area contributed by atoms with Crippen LogP contribution in [0.15, 0.2) is 22.8 Å². The number of nitrogens with zero attached hydrogens (tertiary/aromatic N) is 1. The Morgan fingerprint density at radius 1 is 1.50 bits per heavy atom. The van der Waals surface area contributed by atoms with E-state index >= 15 is 0 Å². The molecular weight excluding hydrogens is 228 g/mol. The molecule has 0 aromatic carbocycles. The topological polar surface area (TPSA) is 51.6 Å². The van der Waals surface area contributed by atoms with Gasteiger partial charge >= 0.3 is 0 Å². The van der Waals surface area contributed by atoms with E-state index in [-0.39, 0.29) is 5.54 Å². The molecule has 1 aliphatic rings. The summed E-state index contributed by atoms with van der Waals surface area (Å²) >= 11 is 0. The molecule has 1 aromatic rings. The van der Waals surface area contributed by atoms with E-state index in [0.29, 0.717) is 12.6 Å². The van der Waals surface area contributed by atoms with Gasteiger partial charge in [0.25, 0.3) is 0 Å². The van der Waals surface area contributed by atoms with Crippen LogP contribution in [-0.2, 0) is 11.3 Å². The number of ether oxygens (including phenoxy) is 1. The maximum Gasteiger partial charge on any atom is 0.117 e. The number of rotatable bonds is 7. The zero-order valence-corrected chi connectivity index (χ0v) is 11.4. The summed E-state index contributed by atoms with van der Waals surface area (Å²) in [5, 5.41) is 0. The molecule has 102 valence electrons. The molecule has 0 unspecified atom stereocenters. The van der Waals surface area contributed by atoms with Gasteiger partial charge in [-0.3, -0.25) is 4.90 Å². The Hall–Kier alpha value is -0.840. The molecule has 0 saturated heterocycles. The third-order valence-corrected chi connectivity index (χ3v) is 3.98. The summed E-state index contributed by atoms with van der Waals surface area (Å²) in [6.45, 7) is 7.51. The number of likely N-dealkylation sites (N-methyl/N-ethyl adjacent to an activating group) is 1. The van der Waals surface area contributed by atoms with Crippen molar-refractivity contribution in [3.8, 4) is 0 Å². The average molecular weight is 252 g/mol. The molecule has 0 atom stereocenters. The number of hydrogen-bond acceptors (Lipinski definition) is 4. The Morgan fingerprint density at radius 2 is 2.28 bits per heavy atom. The van der Waals surface area contributed by atoms with Crippen LogP contribution in [0, 0.1) is 0 Å². The molecule has 4 nitrogen and oxygen atoms in total. The highest BCUT2D eigenvalue weighted by Crippen LogP contribution is 2.39. The summed E-state index contributed by atoms with van der Waals surface area (Å²) in [7, 11) is 0. The van der Waals surface area contributed by atoms with Gasteiger partial charge in [0.1, 0.15) is 5.76 Å². The van der Waals surface area contributed by atoms with Crippen molar-refractivity contribution in [3.05, 3.63) is 24.2 Å². The minimum absolute atomic E-state index is 0.0986. The van der Waals surface area contributed by atoms with Gasteiger partial charge in [-0.25, -0.2) is 0 Å². The Bertz CT molecular complexity index is 345. The SMILES string of the molecule is CCOC1CC(CN)(N(CC)Cc2ccco2)C1. The molecule has 1 aromatic heterocycles. The molecule has 0 aliphatic heterocycles. The van der Waals surface area contributed by atoms with Crippen molar-refractivity contribution in [2.24, 2.45) is 5.73 Å². The standard InChI is InChI=1S/C14H24N2O2/c1-3-16(10-12-6-5-7-18-12)14(11-15)8-13(9-14)17-4-2/h5-7,13H,3-4,8-11,15H2,1-2H3. The summed E-state index contributed by atoms with van der Waals surface area (Å²) < 4.78 is 11.1. The molecule has 2 N–H and O–H groups in total. The lowest BCUT2D eigenvalue weighted by Gasteiger charge is -2.53. The Kier molecular flexibility index (Phi) is 4.43. The molecule has 0 bridgehead atoms. The van der Waals surface area contributed by atoms with Gasteiger partial charge in [0.15, 0.2) is 0 Å². The highest BCUT2D eigenvalue weighted by atomic mass is 16.5. The van der Waals surface area contributed by atoms with Crippen LogP contribution < -0.4 is 5.73 Å². The van der Waals surface area contributed by atoms with Gasteiger partial charge in [0.2, 0.25) is 0 Å². The highest BCUT2D eigenvalue weighted by Gasteiger charge is 2.47. The molecule has 1 saturated carbocycles. The van der Waals surface area contributed by atoms with Gasteiger partial charge in [-0.15, -0.1) is 0 Å². The predicted molar refractivity (Wildman–Crippen MR) is 71.2 cm³/mol. The lowest BCUT2D eigenvalue weighted by molar-refractivity contribution is -0.103. The first-order valence-corrected chi connectivity index (χ1v) is 6.83. The molecule has 1 fully saturated rings. The van der Waals surface area contributed by atoms with Crippen molar-refractivity contribution >= 4 is 0 Å². The fourth-order valence-electron chi connectivity index (χ4n) is 2.90. The second-order valence-electron chi connectivity index (χ2n) is 5.01. The highest BCUT2D eigenvalue weighted by molar-refractivity contribution is 5.07. The van der Waals surface area contributed by atoms with E-state index in [1.54, 1.807) is 6.26 Å². The maximum atomic E-state index is 6.00. The number of furan rings is 1. The molecule has 1 heterocycles. The van der Waals surface area contributed by atoms with Crippen LogP contribution in [0.5, 0.6) is 0 Å². The molecule has 4 heteroatoms. The zero-order chi connectivity index (χ0) is 13.0. The quantitative estimate of drug-likeness (QED) is 0.806. The third kappa shape index (κ3) is 2.60. The minimum atomic E-state index is 0.0986. The predicted octanol–water partition coefficient (Wildman–Crippen LogP) is 2.00. The summed E-state index contributed by atoms with van der Waals surface area (Å²) in [6, 6.07) is 3.95. The third-order valence-electron chi connectivity index (χ3n) is 3.98. The molecular formula is C14H24N2O2. The van der Waals surface area contributed by atoms with Gasteiger partial charge < -0.3 is 14.9 Å². The monoisotopic (exact) mass is 252 g/mol. The molecule has 18 heavy (non-hydrogen) atoms. The first kappa shape index (κ1) is 13.6. The second kappa shape index (κ2) is 5.87. The van der Waals surface area contributed by atoms with Gasteiger partial charge in [0, 0.05) is 18.7 Å². The van der Waals surface area contributed by atoms with Crippen molar-refractivity contribution in [2.75, 3.05) is 19.7 Å². The van der Waals surface area contributed by atoms with Gasteiger partial charge in [-0.05, 0) is 38.4 Å². The number of nitrogens with two attached hydrogens (primary N) is 1. The summed E-state index contributed by atoms with van der Waals surface area (Å²) in [6.07, 6.45) is 4.17. The van der Waals surface area contributed by atoms with E-state index in [1.807, 2.05) is 19.1 Å². The van der Waals surface area contributed by atoms with Crippen LogP contribution in [0.3, 0.4) is 0 Å². The van der Waals surface area contributed by atoms with Gasteiger partial charge in [-0.2, -0.15) is 0 Å². The van der Waals surface area contributed by atoms with Crippen molar-refractivity contribution < 1.29 is 9.15 Å². The van der Waals surface area contributed by atoms with E-state index in [0.717, 1.165) is 38.3 Å². The second-order valence-corrected chi connectivity index (χ2v) is 5.01. The zero-order valence-electron chi connectivity index (χ0n) is 11.4. The Balaban J connectivity index is 1.97. The van der Waals surface area contributed by atoms with Crippen LogP contribution in [0.2, 0.25) is 0 Å². The van der Waals surface area contributed by atoms with Crippen molar-refractivity contribution in [3.63, 3.8) is 0 Å². The fraction of sp³-hybridized carbons (Fsp3) is 0.714. The summed E-state index contributed by atoms with van der Waals surface area (Å²) in [4.78, 5) is 2.42. The van der Waals surface area contributed by atoms with E-state index in [2.05, 4.69) is 11.8 Å². The van der Waals surface area contributed by atoms with Gasteiger partial charge in [-0.1, -0.05) is 6.92 Å². The smallest absolute Gasteiger partial charge is 0.117 e. The first-order chi connectivity index (χ1) is 8.74. The summed E-state index contributed by atoms with van der Waals surface area (Å²) in [5.74, 6) is 1.00. The molecule has 0 spiro atoms. The van der Waals surface area contributed by atoms with E-state index in [4.69, 9.17) is 14.9 Å². The average Bonchev–Trinajstić information content (AvgIpc) is 2.83. The normalized spacial score (nSPS) is 27.4. The molecule has 1 aliphatic carbocycles. The van der Waals surface area contributed by atoms with Crippen molar-refractivity contribution in [2.45, 2.75) is 44.9 Å². The Labute approximate surface area is 109 Å². The fourth-order valence-corrected chi connectivity index (χ4v) is 2.90. The van der Waals surface area contributed by atoms with Crippen LogP contribution in [0.1, 0.15) is 32.4 Å². The van der Waals surface area contributed by atoms with Crippen LogP contribution >= 0.6 is 0 Å². The molecule has 0 amide bonds. The minimum Gasteiger partial charge on any atom is -0.468 e. The van der Waals surface area contributed by atoms with Crippen LogP contribution in [-0.4, -0.2) is 36.2 Å². The Morgan fingerprint density at radius 3 is 2.78 bits per heavy atom. The first-order valence-electron chi connectivity index (χ1n) is 6.83. The van der Waals surface area contributed by atoms with E-state index < -0.39 is 0 Å².